The van der Waals surface area contributed by atoms with Gasteiger partial charge >= 0.3 is 0 Å². The number of hydrogen-bond donors (Lipinski definition) is 1. The van der Waals surface area contributed by atoms with Gasteiger partial charge in [0.05, 0.1) is 30.2 Å². The summed E-state index contributed by atoms with van der Waals surface area (Å²) in [7, 11) is 5.50. The van der Waals surface area contributed by atoms with Crippen molar-refractivity contribution >= 4 is 40.6 Å². The number of nitrogens with one attached hydrogen (secondary N) is 1. The summed E-state index contributed by atoms with van der Waals surface area (Å²) in [5.41, 5.74) is 3.28. The molecule has 0 bridgehead atoms. The number of likely N-dealkylation sites (tertiary alicyclic amines) is 1. The normalized spacial score (nSPS) is 18.2. The van der Waals surface area contributed by atoms with Crippen molar-refractivity contribution in [3.05, 3.63) is 59.8 Å². The monoisotopic (exact) mass is 584 g/mol. The first-order valence-corrected chi connectivity index (χ1v) is 15.1. The van der Waals surface area contributed by atoms with Crippen molar-refractivity contribution in [2.24, 2.45) is 0 Å². The number of piperidine rings is 1. The zero-order chi connectivity index (χ0) is 30.1. The number of aromatic nitrogens is 2. The molecule has 2 aromatic carbocycles. The number of ether oxygens (including phenoxy) is 1. The van der Waals surface area contributed by atoms with Crippen LogP contribution in [0.1, 0.15) is 40.5 Å². The molecule has 1 N–H and O–H groups in total. The number of amides is 2. The van der Waals surface area contributed by atoms with E-state index in [0.717, 1.165) is 57.8 Å². The van der Waals surface area contributed by atoms with E-state index in [9.17, 15) is 9.59 Å². The Morgan fingerprint density at radius 2 is 1.74 bits per heavy atom. The highest BCUT2D eigenvalue weighted by atomic mass is 16.5. The van der Waals surface area contributed by atoms with E-state index in [4.69, 9.17) is 9.72 Å². The molecule has 1 aromatic heterocycles. The molecule has 2 saturated heterocycles. The molecular weight excluding hydrogens is 544 g/mol. The Balaban J connectivity index is 1.18. The summed E-state index contributed by atoms with van der Waals surface area (Å²) in [6.45, 7) is 8.59. The van der Waals surface area contributed by atoms with Gasteiger partial charge in [0, 0.05) is 64.5 Å². The van der Waals surface area contributed by atoms with E-state index in [1.165, 1.54) is 0 Å². The maximum Gasteiger partial charge on any atom is 0.260 e. The second-order valence-corrected chi connectivity index (χ2v) is 11.4. The van der Waals surface area contributed by atoms with Gasteiger partial charge in [0.15, 0.2) is 5.82 Å². The molecule has 43 heavy (non-hydrogen) atoms. The number of para-hydroxylation sites is 1. The molecule has 3 aromatic rings. The van der Waals surface area contributed by atoms with E-state index in [0.29, 0.717) is 52.6 Å². The summed E-state index contributed by atoms with van der Waals surface area (Å²) in [5, 5.41) is 3.27. The van der Waals surface area contributed by atoms with Gasteiger partial charge in [-0.3, -0.25) is 14.5 Å². The minimum atomic E-state index is -0.109. The smallest absolute Gasteiger partial charge is 0.260 e. The summed E-state index contributed by atoms with van der Waals surface area (Å²) < 4.78 is 5.69. The average molecular weight is 585 g/mol. The van der Waals surface area contributed by atoms with Gasteiger partial charge in [0.25, 0.3) is 11.8 Å². The lowest BCUT2D eigenvalue weighted by Gasteiger charge is -2.42. The molecule has 0 atom stereocenters. The number of rotatable bonds is 6. The largest absolute Gasteiger partial charge is 0.495 e. The summed E-state index contributed by atoms with van der Waals surface area (Å²) in [5.74, 6) is 1.43. The zero-order valence-corrected chi connectivity index (χ0v) is 25.4. The molecule has 0 aliphatic carbocycles. The van der Waals surface area contributed by atoms with Crippen LogP contribution in [0, 0.1) is 0 Å². The molecule has 11 heteroatoms. The molecule has 2 fully saturated rings. The van der Waals surface area contributed by atoms with Crippen molar-refractivity contribution in [2.75, 3.05) is 82.1 Å². The lowest BCUT2D eigenvalue weighted by Crippen LogP contribution is -2.52. The second kappa shape index (κ2) is 12.2. The minimum absolute atomic E-state index is 0.0212. The standard InChI is InChI=1S/C32H40N8O3/c1-5-40-26-9-7-6-8-24(26)31(42)37(3)27-21-33-32(35-29(27)40)34-25-11-10-22(20-28(25)43-4)30(41)39-14-12-23(13-15-39)38-18-16-36(2)17-19-38/h6-11,20-21,23H,5,12-19H2,1-4H3,(H,33,34,35). The number of anilines is 5. The highest BCUT2D eigenvalue weighted by Gasteiger charge is 2.31. The molecular formula is C32H40N8O3. The third-order valence-electron chi connectivity index (χ3n) is 8.91. The van der Waals surface area contributed by atoms with Gasteiger partial charge in [0.2, 0.25) is 5.95 Å². The maximum absolute atomic E-state index is 13.5. The first-order chi connectivity index (χ1) is 20.9. The fourth-order valence-electron chi connectivity index (χ4n) is 6.33. The van der Waals surface area contributed by atoms with Crippen LogP contribution >= 0.6 is 0 Å². The van der Waals surface area contributed by atoms with Gasteiger partial charge in [-0.2, -0.15) is 4.98 Å². The number of nitrogens with zero attached hydrogens (tertiary/aromatic N) is 7. The first-order valence-electron chi connectivity index (χ1n) is 15.1. The number of carbonyl (C=O) groups excluding carboxylic acids is 2. The number of likely N-dealkylation sites (N-methyl/N-ethyl adjacent to an activating group) is 1. The highest BCUT2D eigenvalue weighted by molar-refractivity contribution is 6.13. The molecule has 0 radical (unpaired) electrons. The Bertz CT molecular complexity index is 1500. The first kappa shape index (κ1) is 28.9. The Labute approximate surface area is 253 Å². The second-order valence-electron chi connectivity index (χ2n) is 11.4. The molecule has 2 amide bonds. The van der Waals surface area contributed by atoms with E-state index in [1.807, 2.05) is 53.1 Å². The Hall–Kier alpha value is -4.22. The number of methoxy groups -OCH3 is 1. The van der Waals surface area contributed by atoms with Crippen LogP contribution in [0.5, 0.6) is 5.75 Å². The summed E-state index contributed by atoms with van der Waals surface area (Å²) in [4.78, 5) is 46.5. The van der Waals surface area contributed by atoms with Crippen LogP contribution in [0.15, 0.2) is 48.7 Å². The molecule has 11 nitrogen and oxygen atoms in total. The maximum atomic E-state index is 13.5. The van der Waals surface area contributed by atoms with Gasteiger partial charge in [0.1, 0.15) is 11.4 Å². The molecule has 3 aliphatic rings. The van der Waals surface area contributed by atoms with Crippen molar-refractivity contribution in [2.45, 2.75) is 25.8 Å². The Kier molecular flexibility index (Phi) is 8.18. The summed E-state index contributed by atoms with van der Waals surface area (Å²) >= 11 is 0. The van der Waals surface area contributed by atoms with E-state index in [1.54, 1.807) is 31.3 Å². The van der Waals surface area contributed by atoms with E-state index < -0.39 is 0 Å². The van der Waals surface area contributed by atoms with Crippen LogP contribution in [-0.4, -0.2) is 110 Å². The van der Waals surface area contributed by atoms with Crippen LogP contribution in [0.25, 0.3) is 0 Å². The predicted octanol–water partition coefficient (Wildman–Crippen LogP) is 3.83. The van der Waals surface area contributed by atoms with E-state index in [2.05, 4.69) is 27.1 Å². The number of carbonyl (C=O) groups is 2. The van der Waals surface area contributed by atoms with Crippen molar-refractivity contribution in [1.82, 2.24) is 24.7 Å². The van der Waals surface area contributed by atoms with Crippen LogP contribution < -0.4 is 19.9 Å². The Morgan fingerprint density at radius 1 is 1.00 bits per heavy atom. The fourth-order valence-corrected chi connectivity index (χ4v) is 6.33. The van der Waals surface area contributed by atoms with Crippen molar-refractivity contribution < 1.29 is 14.3 Å². The van der Waals surface area contributed by atoms with E-state index in [-0.39, 0.29) is 11.8 Å². The molecule has 0 unspecified atom stereocenters. The molecule has 4 heterocycles. The third kappa shape index (κ3) is 5.62. The topological polar surface area (TPSA) is 97.4 Å². The fraction of sp³-hybridized carbons (Fsp3) is 0.438. The lowest BCUT2D eigenvalue weighted by molar-refractivity contribution is 0.0518. The molecule has 226 valence electrons. The number of hydrogen-bond acceptors (Lipinski definition) is 9. The predicted molar refractivity (Wildman–Crippen MR) is 168 cm³/mol. The van der Waals surface area contributed by atoms with Crippen LogP contribution in [-0.2, 0) is 0 Å². The van der Waals surface area contributed by atoms with Crippen LogP contribution in [0.4, 0.5) is 28.8 Å². The average Bonchev–Trinajstić information content (AvgIpc) is 3.13. The third-order valence-corrected chi connectivity index (χ3v) is 8.91. The molecule has 3 aliphatic heterocycles. The van der Waals surface area contributed by atoms with Gasteiger partial charge in [-0.05, 0) is 57.1 Å². The number of fused-ring (bicyclic) bond motifs is 2. The molecule has 0 saturated carbocycles. The highest BCUT2D eigenvalue weighted by Crippen LogP contribution is 2.39. The quantitative estimate of drug-likeness (QED) is 0.464. The van der Waals surface area contributed by atoms with Crippen molar-refractivity contribution in [3.8, 4) is 5.75 Å². The number of benzene rings is 2. The Morgan fingerprint density at radius 3 is 2.47 bits per heavy atom. The lowest BCUT2D eigenvalue weighted by atomic mass is 10.0. The van der Waals surface area contributed by atoms with Gasteiger partial charge < -0.3 is 29.7 Å². The molecule has 6 rings (SSSR count). The zero-order valence-electron chi connectivity index (χ0n) is 25.4. The van der Waals surface area contributed by atoms with Crippen molar-refractivity contribution in [1.29, 1.82) is 0 Å². The SMILES string of the molecule is CCN1c2ccccc2C(=O)N(C)c2cnc(Nc3ccc(C(=O)N4CCC(N5CCN(C)CC5)CC4)cc3OC)nc21. The van der Waals surface area contributed by atoms with Gasteiger partial charge in [-0.15, -0.1) is 0 Å². The van der Waals surface area contributed by atoms with Crippen LogP contribution in [0.2, 0.25) is 0 Å². The summed E-state index contributed by atoms with van der Waals surface area (Å²) in [6, 6.07) is 13.5. The summed E-state index contributed by atoms with van der Waals surface area (Å²) in [6.07, 6.45) is 3.66. The number of piperazine rings is 1. The van der Waals surface area contributed by atoms with Gasteiger partial charge in [-0.25, -0.2) is 4.98 Å². The van der Waals surface area contributed by atoms with Crippen LogP contribution in [0.3, 0.4) is 0 Å². The van der Waals surface area contributed by atoms with E-state index >= 15 is 0 Å². The van der Waals surface area contributed by atoms with Crippen molar-refractivity contribution in [3.63, 3.8) is 0 Å². The van der Waals surface area contributed by atoms with Gasteiger partial charge in [-0.1, -0.05) is 12.1 Å². The molecule has 0 spiro atoms. The minimum Gasteiger partial charge on any atom is -0.495 e.